The summed E-state index contributed by atoms with van der Waals surface area (Å²) in [6.07, 6.45) is 4.01. The molecular formula is C11H19N3. The van der Waals surface area contributed by atoms with Crippen molar-refractivity contribution in [3.63, 3.8) is 0 Å². The SMILES string of the molecule is CN1CCC(N)(C#CC2(N)CC2)CC1. The number of rotatable bonds is 0. The summed E-state index contributed by atoms with van der Waals surface area (Å²) in [7, 11) is 2.12. The van der Waals surface area contributed by atoms with Crippen LogP contribution in [-0.4, -0.2) is 36.1 Å². The molecule has 3 heteroatoms. The van der Waals surface area contributed by atoms with Crippen LogP contribution in [0.2, 0.25) is 0 Å². The molecule has 0 aromatic rings. The Morgan fingerprint density at radius 2 is 1.36 bits per heavy atom. The van der Waals surface area contributed by atoms with Gasteiger partial charge in [0.2, 0.25) is 0 Å². The molecule has 0 amide bonds. The van der Waals surface area contributed by atoms with Crippen LogP contribution >= 0.6 is 0 Å². The van der Waals surface area contributed by atoms with E-state index in [0.29, 0.717) is 0 Å². The maximum atomic E-state index is 6.20. The van der Waals surface area contributed by atoms with Crippen molar-refractivity contribution in [1.82, 2.24) is 4.90 Å². The van der Waals surface area contributed by atoms with Crippen molar-refractivity contribution in [2.24, 2.45) is 11.5 Å². The summed E-state index contributed by atoms with van der Waals surface area (Å²) in [6, 6.07) is 0. The zero-order valence-corrected chi connectivity index (χ0v) is 8.84. The molecule has 4 N–H and O–H groups in total. The zero-order chi connectivity index (χ0) is 10.2. The largest absolute Gasteiger partial charge is 0.315 e. The van der Waals surface area contributed by atoms with Crippen molar-refractivity contribution in [3.05, 3.63) is 0 Å². The van der Waals surface area contributed by atoms with Gasteiger partial charge in [-0.25, -0.2) is 0 Å². The molecule has 0 unspecified atom stereocenters. The van der Waals surface area contributed by atoms with E-state index < -0.39 is 0 Å². The summed E-state index contributed by atoms with van der Waals surface area (Å²) in [6.45, 7) is 2.09. The fourth-order valence-corrected chi connectivity index (χ4v) is 1.65. The van der Waals surface area contributed by atoms with Crippen LogP contribution in [0.5, 0.6) is 0 Å². The lowest BCUT2D eigenvalue weighted by Crippen LogP contribution is -2.48. The van der Waals surface area contributed by atoms with Gasteiger partial charge in [0, 0.05) is 13.1 Å². The lowest BCUT2D eigenvalue weighted by Gasteiger charge is -2.33. The van der Waals surface area contributed by atoms with Crippen LogP contribution in [0, 0.1) is 11.8 Å². The minimum Gasteiger partial charge on any atom is -0.315 e. The smallest absolute Gasteiger partial charge is 0.0801 e. The lowest BCUT2D eigenvalue weighted by atomic mass is 9.89. The number of hydrogen-bond acceptors (Lipinski definition) is 3. The van der Waals surface area contributed by atoms with Crippen molar-refractivity contribution in [2.75, 3.05) is 20.1 Å². The molecule has 2 rings (SSSR count). The molecule has 0 bridgehead atoms. The molecule has 1 aliphatic carbocycles. The van der Waals surface area contributed by atoms with Gasteiger partial charge >= 0.3 is 0 Å². The summed E-state index contributed by atoms with van der Waals surface area (Å²) in [5.41, 5.74) is 11.6. The predicted molar refractivity (Wildman–Crippen MR) is 57.6 cm³/mol. The molecule has 0 radical (unpaired) electrons. The summed E-state index contributed by atoms with van der Waals surface area (Å²) in [5.74, 6) is 6.34. The average molecular weight is 193 g/mol. The molecule has 1 saturated carbocycles. The highest BCUT2D eigenvalue weighted by atomic mass is 15.1. The predicted octanol–water partition coefficient (Wildman–Crippen LogP) is -0.0958. The Morgan fingerprint density at radius 3 is 1.79 bits per heavy atom. The van der Waals surface area contributed by atoms with Gasteiger partial charge in [0.25, 0.3) is 0 Å². The third-order valence-corrected chi connectivity index (χ3v) is 3.23. The highest BCUT2D eigenvalue weighted by molar-refractivity contribution is 5.30. The van der Waals surface area contributed by atoms with Gasteiger partial charge in [-0.1, -0.05) is 11.8 Å². The molecule has 1 saturated heterocycles. The van der Waals surface area contributed by atoms with Crippen molar-refractivity contribution in [3.8, 4) is 11.8 Å². The molecule has 78 valence electrons. The maximum Gasteiger partial charge on any atom is 0.0801 e. The first-order valence-electron chi connectivity index (χ1n) is 5.32. The Balaban J connectivity index is 1.98. The molecule has 2 fully saturated rings. The summed E-state index contributed by atoms with van der Waals surface area (Å²) in [5, 5.41) is 0. The van der Waals surface area contributed by atoms with Gasteiger partial charge in [0.1, 0.15) is 0 Å². The quantitative estimate of drug-likeness (QED) is 0.528. The second-order valence-corrected chi connectivity index (χ2v) is 4.87. The van der Waals surface area contributed by atoms with E-state index in [1.54, 1.807) is 0 Å². The molecule has 3 nitrogen and oxygen atoms in total. The van der Waals surface area contributed by atoms with Crippen LogP contribution in [0.3, 0.4) is 0 Å². The fourth-order valence-electron chi connectivity index (χ4n) is 1.65. The van der Waals surface area contributed by atoms with Gasteiger partial charge in [-0.05, 0) is 32.7 Å². The number of nitrogens with zero attached hydrogens (tertiary/aromatic N) is 1. The Bertz CT molecular complexity index is 275. The van der Waals surface area contributed by atoms with E-state index in [4.69, 9.17) is 11.5 Å². The molecule has 14 heavy (non-hydrogen) atoms. The Labute approximate surface area is 85.8 Å². The van der Waals surface area contributed by atoms with Crippen LogP contribution in [0.25, 0.3) is 0 Å². The van der Waals surface area contributed by atoms with E-state index in [2.05, 4.69) is 23.8 Å². The van der Waals surface area contributed by atoms with Crippen LogP contribution in [-0.2, 0) is 0 Å². The lowest BCUT2D eigenvalue weighted by molar-refractivity contribution is 0.225. The van der Waals surface area contributed by atoms with Gasteiger partial charge in [-0.2, -0.15) is 0 Å². The minimum absolute atomic E-state index is 0.185. The molecule has 1 heterocycles. The average Bonchev–Trinajstić information content (AvgIpc) is 2.88. The van der Waals surface area contributed by atoms with Gasteiger partial charge in [0.05, 0.1) is 11.1 Å². The third-order valence-electron chi connectivity index (χ3n) is 3.23. The molecule has 0 aromatic heterocycles. The molecule has 1 aliphatic heterocycles. The van der Waals surface area contributed by atoms with Crippen molar-refractivity contribution in [1.29, 1.82) is 0 Å². The summed E-state index contributed by atoms with van der Waals surface area (Å²) >= 11 is 0. The molecular weight excluding hydrogens is 174 g/mol. The fraction of sp³-hybridized carbons (Fsp3) is 0.818. The van der Waals surface area contributed by atoms with Crippen LogP contribution in [0.4, 0.5) is 0 Å². The zero-order valence-electron chi connectivity index (χ0n) is 8.84. The first kappa shape index (κ1) is 9.97. The first-order valence-corrected chi connectivity index (χ1v) is 5.32. The second-order valence-electron chi connectivity index (χ2n) is 4.87. The monoisotopic (exact) mass is 193 g/mol. The van der Waals surface area contributed by atoms with Gasteiger partial charge in [-0.3, -0.25) is 0 Å². The van der Waals surface area contributed by atoms with Crippen LogP contribution in [0.15, 0.2) is 0 Å². The normalized spacial score (nSPS) is 29.1. The van der Waals surface area contributed by atoms with E-state index in [9.17, 15) is 0 Å². The van der Waals surface area contributed by atoms with Gasteiger partial charge < -0.3 is 16.4 Å². The third kappa shape index (κ3) is 2.27. The number of piperidine rings is 1. The molecule has 0 atom stereocenters. The standard InChI is InChI=1S/C11H19N3/c1-14-8-6-11(13,7-9-14)5-4-10(12)2-3-10/h2-3,6-9,12-13H2,1H3. The van der Waals surface area contributed by atoms with E-state index in [0.717, 1.165) is 38.8 Å². The van der Waals surface area contributed by atoms with Crippen molar-refractivity contribution >= 4 is 0 Å². The van der Waals surface area contributed by atoms with Gasteiger partial charge in [-0.15, -0.1) is 0 Å². The number of nitrogens with two attached hydrogens (primary N) is 2. The number of likely N-dealkylation sites (tertiary alicyclic amines) is 1. The Morgan fingerprint density at radius 1 is 0.929 bits per heavy atom. The number of hydrogen-bond donors (Lipinski definition) is 2. The molecule has 0 spiro atoms. The van der Waals surface area contributed by atoms with E-state index in [1.807, 2.05) is 0 Å². The van der Waals surface area contributed by atoms with E-state index in [1.165, 1.54) is 0 Å². The Kier molecular flexibility index (Phi) is 2.30. The molecule has 2 aliphatic rings. The van der Waals surface area contributed by atoms with Gasteiger partial charge in [0.15, 0.2) is 0 Å². The van der Waals surface area contributed by atoms with E-state index >= 15 is 0 Å². The first-order chi connectivity index (χ1) is 6.52. The summed E-state index contributed by atoms with van der Waals surface area (Å²) in [4.78, 5) is 2.29. The van der Waals surface area contributed by atoms with Crippen LogP contribution < -0.4 is 11.5 Å². The Hall–Kier alpha value is -0.560. The second kappa shape index (κ2) is 3.23. The van der Waals surface area contributed by atoms with E-state index in [-0.39, 0.29) is 11.1 Å². The maximum absolute atomic E-state index is 6.20. The highest BCUT2D eigenvalue weighted by Gasteiger charge is 2.37. The van der Waals surface area contributed by atoms with Crippen molar-refractivity contribution in [2.45, 2.75) is 36.8 Å². The highest BCUT2D eigenvalue weighted by Crippen LogP contribution is 2.31. The molecule has 0 aromatic carbocycles. The summed E-state index contributed by atoms with van der Waals surface area (Å²) < 4.78 is 0. The topological polar surface area (TPSA) is 55.3 Å². The van der Waals surface area contributed by atoms with Crippen LogP contribution in [0.1, 0.15) is 25.7 Å². The van der Waals surface area contributed by atoms with Crippen molar-refractivity contribution < 1.29 is 0 Å². The minimum atomic E-state index is -0.276.